The molecule has 0 aromatic heterocycles. The number of hydrogen-bond acceptors (Lipinski definition) is 5. The van der Waals surface area contributed by atoms with Crippen LogP contribution in [0.1, 0.15) is 22.0 Å². The Morgan fingerprint density at radius 2 is 1.80 bits per heavy atom. The van der Waals surface area contributed by atoms with Gasteiger partial charge in [0.1, 0.15) is 0 Å². The standard InChI is InChI=1S/C18H18N2O5/c1-19-17(23)13-8-5-9-14(10-13)20-15(21)11-25-18(24)16(22)12-6-3-2-4-7-12/h2-10,16,22H,11H2,1H3,(H,19,23)(H,20,21)/t16-/m1/s1. The van der Waals surface area contributed by atoms with Gasteiger partial charge in [0.15, 0.2) is 12.7 Å². The van der Waals surface area contributed by atoms with E-state index in [2.05, 4.69) is 10.6 Å². The van der Waals surface area contributed by atoms with Crippen molar-refractivity contribution in [2.75, 3.05) is 19.0 Å². The molecular formula is C18H18N2O5. The quantitative estimate of drug-likeness (QED) is 0.686. The van der Waals surface area contributed by atoms with Crippen LogP contribution in [0, 0.1) is 0 Å². The zero-order valence-corrected chi connectivity index (χ0v) is 13.6. The van der Waals surface area contributed by atoms with Gasteiger partial charge in [-0.3, -0.25) is 9.59 Å². The van der Waals surface area contributed by atoms with Crippen molar-refractivity contribution in [1.29, 1.82) is 0 Å². The summed E-state index contributed by atoms with van der Waals surface area (Å²) in [6.07, 6.45) is -1.45. The number of aliphatic hydroxyl groups is 1. The van der Waals surface area contributed by atoms with Crippen molar-refractivity contribution in [2.24, 2.45) is 0 Å². The molecule has 0 spiro atoms. The van der Waals surface area contributed by atoms with Crippen LogP contribution in [0.25, 0.3) is 0 Å². The summed E-state index contributed by atoms with van der Waals surface area (Å²) >= 11 is 0. The van der Waals surface area contributed by atoms with Crippen LogP contribution in [-0.4, -0.2) is 36.5 Å². The topological polar surface area (TPSA) is 105 Å². The second-order valence-corrected chi connectivity index (χ2v) is 5.13. The Morgan fingerprint density at radius 3 is 2.48 bits per heavy atom. The van der Waals surface area contributed by atoms with Gasteiger partial charge in [-0.15, -0.1) is 0 Å². The number of esters is 1. The van der Waals surface area contributed by atoms with Crippen molar-refractivity contribution >= 4 is 23.5 Å². The number of nitrogens with one attached hydrogen (secondary N) is 2. The largest absolute Gasteiger partial charge is 0.453 e. The monoisotopic (exact) mass is 342 g/mol. The number of hydrogen-bond donors (Lipinski definition) is 3. The highest BCUT2D eigenvalue weighted by molar-refractivity contribution is 5.97. The zero-order chi connectivity index (χ0) is 18.2. The first kappa shape index (κ1) is 18.2. The molecule has 0 saturated heterocycles. The van der Waals surface area contributed by atoms with E-state index < -0.39 is 24.6 Å². The van der Waals surface area contributed by atoms with E-state index in [1.165, 1.54) is 13.1 Å². The van der Waals surface area contributed by atoms with Crippen LogP contribution >= 0.6 is 0 Å². The minimum absolute atomic E-state index is 0.284. The summed E-state index contributed by atoms with van der Waals surface area (Å²) in [5.41, 5.74) is 1.16. The Hall–Kier alpha value is -3.19. The molecule has 0 aliphatic heterocycles. The van der Waals surface area contributed by atoms with E-state index in [0.29, 0.717) is 16.8 Å². The molecule has 0 bridgehead atoms. The number of amides is 2. The summed E-state index contributed by atoms with van der Waals surface area (Å²) in [5.74, 6) is -1.78. The fraction of sp³-hybridized carbons (Fsp3) is 0.167. The van der Waals surface area contributed by atoms with Crippen molar-refractivity contribution in [2.45, 2.75) is 6.10 Å². The maximum Gasteiger partial charge on any atom is 0.340 e. The Morgan fingerprint density at radius 1 is 1.08 bits per heavy atom. The molecule has 2 aromatic rings. The highest BCUT2D eigenvalue weighted by Crippen LogP contribution is 2.14. The third-order valence-corrected chi connectivity index (χ3v) is 3.32. The van der Waals surface area contributed by atoms with Crippen LogP contribution in [0.5, 0.6) is 0 Å². The average Bonchev–Trinajstić information content (AvgIpc) is 2.65. The highest BCUT2D eigenvalue weighted by Gasteiger charge is 2.19. The van der Waals surface area contributed by atoms with Gasteiger partial charge < -0.3 is 20.5 Å². The van der Waals surface area contributed by atoms with E-state index in [1.54, 1.807) is 48.5 Å². The van der Waals surface area contributed by atoms with Crippen molar-refractivity contribution < 1.29 is 24.2 Å². The van der Waals surface area contributed by atoms with Gasteiger partial charge >= 0.3 is 5.97 Å². The summed E-state index contributed by atoms with van der Waals surface area (Å²) in [4.78, 5) is 35.2. The lowest BCUT2D eigenvalue weighted by atomic mass is 10.1. The molecule has 0 aliphatic rings. The molecule has 0 fully saturated rings. The summed E-state index contributed by atoms with van der Waals surface area (Å²) < 4.78 is 4.81. The Balaban J connectivity index is 1.88. The fourth-order valence-corrected chi connectivity index (χ4v) is 2.07. The molecule has 2 rings (SSSR count). The van der Waals surface area contributed by atoms with E-state index in [9.17, 15) is 19.5 Å². The van der Waals surface area contributed by atoms with Crippen molar-refractivity contribution in [3.05, 3.63) is 65.7 Å². The van der Waals surface area contributed by atoms with Crippen molar-refractivity contribution in [3.8, 4) is 0 Å². The predicted molar refractivity (Wildman–Crippen MR) is 90.8 cm³/mol. The van der Waals surface area contributed by atoms with Crippen molar-refractivity contribution in [1.82, 2.24) is 5.32 Å². The number of carbonyl (C=O) groups excluding carboxylic acids is 3. The van der Waals surface area contributed by atoms with E-state index in [0.717, 1.165) is 0 Å². The van der Waals surface area contributed by atoms with Gasteiger partial charge in [-0.05, 0) is 23.8 Å². The third-order valence-electron chi connectivity index (χ3n) is 3.32. The van der Waals surface area contributed by atoms with E-state index >= 15 is 0 Å². The molecule has 130 valence electrons. The normalized spacial score (nSPS) is 11.3. The maximum atomic E-state index is 11.9. The van der Waals surface area contributed by atoms with Crippen molar-refractivity contribution in [3.63, 3.8) is 0 Å². The molecule has 0 heterocycles. The number of ether oxygens (including phenoxy) is 1. The molecular weight excluding hydrogens is 324 g/mol. The lowest BCUT2D eigenvalue weighted by Crippen LogP contribution is -2.24. The second-order valence-electron chi connectivity index (χ2n) is 5.13. The summed E-state index contributed by atoms with van der Waals surface area (Å²) in [7, 11) is 1.51. The predicted octanol–water partition coefficient (Wildman–Crippen LogP) is 1.26. The molecule has 2 aromatic carbocycles. The first-order valence-corrected chi connectivity index (χ1v) is 7.53. The number of anilines is 1. The SMILES string of the molecule is CNC(=O)c1cccc(NC(=O)COC(=O)[C@H](O)c2ccccc2)c1. The van der Waals surface area contributed by atoms with E-state index in [4.69, 9.17) is 4.74 Å². The Bertz CT molecular complexity index is 761. The molecule has 3 N–H and O–H groups in total. The summed E-state index contributed by atoms with van der Waals surface area (Å²) in [6.45, 7) is -0.549. The molecule has 25 heavy (non-hydrogen) atoms. The van der Waals surface area contributed by atoms with Crippen LogP contribution in [0.3, 0.4) is 0 Å². The minimum Gasteiger partial charge on any atom is -0.453 e. The molecule has 0 aliphatic carbocycles. The maximum absolute atomic E-state index is 11.9. The van der Waals surface area contributed by atoms with Gasteiger partial charge in [-0.1, -0.05) is 36.4 Å². The molecule has 0 saturated carbocycles. The molecule has 0 unspecified atom stereocenters. The Labute approximate surface area is 144 Å². The lowest BCUT2D eigenvalue weighted by molar-refractivity contribution is -0.156. The van der Waals surface area contributed by atoms with Gasteiger partial charge in [0.05, 0.1) is 0 Å². The first-order chi connectivity index (χ1) is 12.0. The molecule has 1 atom stereocenters. The van der Waals surface area contributed by atoms with Crippen LogP contribution < -0.4 is 10.6 Å². The average molecular weight is 342 g/mol. The number of aliphatic hydroxyl groups excluding tert-OH is 1. The third kappa shape index (κ3) is 5.15. The van der Waals surface area contributed by atoms with Gasteiger partial charge in [0, 0.05) is 18.3 Å². The smallest absolute Gasteiger partial charge is 0.340 e. The summed E-state index contributed by atoms with van der Waals surface area (Å²) in [5, 5.41) is 14.9. The fourth-order valence-electron chi connectivity index (χ4n) is 2.07. The Kier molecular flexibility index (Phi) is 6.25. The van der Waals surface area contributed by atoms with Crippen LogP contribution in [0.15, 0.2) is 54.6 Å². The van der Waals surface area contributed by atoms with Gasteiger partial charge in [0.25, 0.3) is 11.8 Å². The van der Waals surface area contributed by atoms with Gasteiger partial charge in [-0.25, -0.2) is 4.79 Å². The van der Waals surface area contributed by atoms with E-state index in [-0.39, 0.29) is 5.91 Å². The second kappa shape index (κ2) is 8.60. The number of carbonyl (C=O) groups is 3. The molecule has 7 heteroatoms. The zero-order valence-electron chi connectivity index (χ0n) is 13.6. The summed E-state index contributed by atoms with van der Waals surface area (Å²) in [6, 6.07) is 14.6. The van der Waals surface area contributed by atoms with Gasteiger partial charge in [-0.2, -0.15) is 0 Å². The molecule has 7 nitrogen and oxygen atoms in total. The van der Waals surface area contributed by atoms with Crippen LogP contribution in [-0.2, 0) is 14.3 Å². The molecule has 0 radical (unpaired) electrons. The van der Waals surface area contributed by atoms with Crippen LogP contribution in [0.4, 0.5) is 5.69 Å². The molecule has 2 amide bonds. The van der Waals surface area contributed by atoms with Crippen LogP contribution in [0.2, 0.25) is 0 Å². The minimum atomic E-state index is -1.45. The highest BCUT2D eigenvalue weighted by atomic mass is 16.5. The van der Waals surface area contributed by atoms with E-state index in [1.807, 2.05) is 0 Å². The lowest BCUT2D eigenvalue weighted by Gasteiger charge is -2.11. The number of benzene rings is 2. The van der Waals surface area contributed by atoms with Gasteiger partial charge in [0.2, 0.25) is 0 Å². The first-order valence-electron chi connectivity index (χ1n) is 7.53. The number of rotatable bonds is 6.